The number of aromatic nitrogens is 3. The van der Waals surface area contributed by atoms with Gasteiger partial charge in [-0.05, 0) is 44.6 Å². The van der Waals surface area contributed by atoms with Crippen molar-refractivity contribution >= 4 is 0 Å². The summed E-state index contributed by atoms with van der Waals surface area (Å²) in [5, 5.41) is 0. The Hall–Kier alpha value is -2.46. The van der Waals surface area contributed by atoms with Crippen molar-refractivity contribution in [2.45, 2.75) is 25.7 Å². The average Bonchev–Trinajstić information content (AvgIpc) is 3.15. The molecule has 0 atom stereocenters. The normalized spacial score (nSPS) is 16.2. The molecule has 1 N–H and O–H groups in total. The monoisotopic (exact) mass is 332 g/mol. The number of nitrogens with one attached hydrogen (secondary N) is 1. The predicted octanol–water partition coefficient (Wildman–Crippen LogP) is 4.34. The lowest BCUT2D eigenvalue weighted by atomic mass is 9.96. The van der Waals surface area contributed by atoms with Gasteiger partial charge >= 0.3 is 0 Å². The second kappa shape index (κ2) is 7.19. The van der Waals surface area contributed by atoms with Crippen molar-refractivity contribution in [3.8, 4) is 22.5 Å². The summed E-state index contributed by atoms with van der Waals surface area (Å²) in [5.74, 6) is 1.64. The molecule has 4 heteroatoms. The van der Waals surface area contributed by atoms with Crippen LogP contribution in [0.4, 0.5) is 0 Å². The van der Waals surface area contributed by atoms with E-state index in [0.717, 1.165) is 42.4 Å². The Morgan fingerprint density at radius 2 is 1.72 bits per heavy atom. The molecule has 3 heterocycles. The van der Waals surface area contributed by atoms with E-state index in [0.29, 0.717) is 5.92 Å². The van der Waals surface area contributed by atoms with Crippen LogP contribution < -0.4 is 0 Å². The van der Waals surface area contributed by atoms with Crippen molar-refractivity contribution in [1.29, 1.82) is 0 Å². The Morgan fingerprint density at radius 3 is 2.40 bits per heavy atom. The number of aromatic amines is 1. The van der Waals surface area contributed by atoms with E-state index in [1.54, 1.807) is 0 Å². The van der Waals surface area contributed by atoms with E-state index < -0.39 is 0 Å². The van der Waals surface area contributed by atoms with Gasteiger partial charge in [0.2, 0.25) is 0 Å². The molecule has 0 spiro atoms. The maximum Gasteiger partial charge on any atom is 0.110 e. The molecule has 4 nitrogen and oxygen atoms in total. The number of pyridine rings is 1. The van der Waals surface area contributed by atoms with Crippen LogP contribution in [0, 0.1) is 0 Å². The van der Waals surface area contributed by atoms with Crippen LogP contribution in [0.2, 0.25) is 0 Å². The summed E-state index contributed by atoms with van der Waals surface area (Å²) >= 11 is 0. The average molecular weight is 332 g/mol. The third-order valence-corrected chi connectivity index (χ3v) is 5.16. The molecule has 0 unspecified atom stereocenters. The van der Waals surface area contributed by atoms with Gasteiger partial charge in [0.05, 0.1) is 11.4 Å². The zero-order valence-electron chi connectivity index (χ0n) is 14.7. The third-order valence-electron chi connectivity index (χ3n) is 5.16. The molecule has 0 amide bonds. The van der Waals surface area contributed by atoms with Crippen LogP contribution >= 0.6 is 0 Å². The second-order valence-electron chi connectivity index (χ2n) is 6.66. The molecule has 0 bridgehead atoms. The van der Waals surface area contributed by atoms with Gasteiger partial charge in [0.15, 0.2) is 0 Å². The minimum absolute atomic E-state index is 0.515. The highest BCUT2D eigenvalue weighted by atomic mass is 15.1. The number of hydrogen-bond acceptors (Lipinski definition) is 3. The maximum absolute atomic E-state index is 5.03. The summed E-state index contributed by atoms with van der Waals surface area (Å²) in [6.07, 6.45) is 6.01. The molecule has 3 aromatic rings. The lowest BCUT2D eigenvalue weighted by Gasteiger charge is -2.29. The van der Waals surface area contributed by atoms with Gasteiger partial charge in [-0.3, -0.25) is 4.98 Å². The van der Waals surface area contributed by atoms with Gasteiger partial charge in [-0.15, -0.1) is 0 Å². The maximum atomic E-state index is 5.03. The Kier molecular flexibility index (Phi) is 4.61. The fourth-order valence-electron chi connectivity index (χ4n) is 3.64. The molecule has 0 saturated carbocycles. The standard InChI is InChI=1S/C21H24N4/c1-2-25-14-10-18(11-15-25)21-23-19(16-6-4-3-5-7-16)20(24-21)17-8-12-22-13-9-17/h3-9,12-13,18H,2,10-11,14-15H2,1H3,(H,23,24). The zero-order chi connectivity index (χ0) is 17.1. The summed E-state index contributed by atoms with van der Waals surface area (Å²) in [6, 6.07) is 14.5. The van der Waals surface area contributed by atoms with Gasteiger partial charge in [-0.2, -0.15) is 0 Å². The highest BCUT2D eigenvalue weighted by Gasteiger charge is 2.24. The van der Waals surface area contributed by atoms with E-state index in [2.05, 4.69) is 46.1 Å². The van der Waals surface area contributed by atoms with Gasteiger partial charge in [-0.1, -0.05) is 37.3 Å². The van der Waals surface area contributed by atoms with E-state index in [4.69, 9.17) is 4.98 Å². The number of imidazole rings is 1. The Balaban J connectivity index is 1.72. The van der Waals surface area contributed by atoms with Gasteiger partial charge in [0.25, 0.3) is 0 Å². The molecule has 128 valence electrons. The van der Waals surface area contributed by atoms with Gasteiger partial charge in [0, 0.05) is 29.4 Å². The molecule has 1 fully saturated rings. The van der Waals surface area contributed by atoms with Crippen molar-refractivity contribution in [2.24, 2.45) is 0 Å². The fraction of sp³-hybridized carbons (Fsp3) is 0.333. The van der Waals surface area contributed by atoms with Crippen molar-refractivity contribution in [3.63, 3.8) is 0 Å². The number of rotatable bonds is 4. The first kappa shape index (κ1) is 16.0. The van der Waals surface area contributed by atoms with Gasteiger partial charge in [-0.25, -0.2) is 4.98 Å². The van der Waals surface area contributed by atoms with E-state index in [-0.39, 0.29) is 0 Å². The molecule has 25 heavy (non-hydrogen) atoms. The summed E-state index contributed by atoms with van der Waals surface area (Å²) < 4.78 is 0. The predicted molar refractivity (Wildman–Crippen MR) is 101 cm³/mol. The zero-order valence-corrected chi connectivity index (χ0v) is 14.7. The molecule has 0 radical (unpaired) electrons. The second-order valence-corrected chi connectivity index (χ2v) is 6.66. The minimum atomic E-state index is 0.515. The van der Waals surface area contributed by atoms with E-state index in [1.807, 2.05) is 30.6 Å². The number of H-pyrrole nitrogens is 1. The first-order valence-corrected chi connectivity index (χ1v) is 9.13. The van der Waals surface area contributed by atoms with E-state index in [9.17, 15) is 0 Å². The summed E-state index contributed by atoms with van der Waals surface area (Å²) in [7, 11) is 0. The molecular formula is C21H24N4. The van der Waals surface area contributed by atoms with Gasteiger partial charge in [0.1, 0.15) is 5.82 Å². The minimum Gasteiger partial charge on any atom is -0.341 e. The summed E-state index contributed by atoms with van der Waals surface area (Å²) in [4.78, 5) is 15.3. The van der Waals surface area contributed by atoms with Crippen LogP contribution in [0.15, 0.2) is 54.9 Å². The van der Waals surface area contributed by atoms with Crippen LogP contribution in [0.3, 0.4) is 0 Å². The van der Waals surface area contributed by atoms with Crippen molar-refractivity contribution in [2.75, 3.05) is 19.6 Å². The molecule has 4 rings (SSSR count). The molecular weight excluding hydrogens is 308 g/mol. The molecule has 1 aliphatic heterocycles. The molecule has 1 aliphatic rings. The van der Waals surface area contributed by atoms with Crippen molar-refractivity contribution < 1.29 is 0 Å². The van der Waals surface area contributed by atoms with Crippen LogP contribution in [0.5, 0.6) is 0 Å². The lowest BCUT2D eigenvalue weighted by Crippen LogP contribution is -2.32. The highest BCUT2D eigenvalue weighted by Crippen LogP contribution is 2.34. The van der Waals surface area contributed by atoms with Gasteiger partial charge < -0.3 is 9.88 Å². The summed E-state index contributed by atoms with van der Waals surface area (Å²) in [5.41, 5.74) is 4.43. The lowest BCUT2D eigenvalue weighted by molar-refractivity contribution is 0.219. The van der Waals surface area contributed by atoms with Crippen LogP contribution in [0.25, 0.3) is 22.5 Å². The Morgan fingerprint density at radius 1 is 1.00 bits per heavy atom. The number of likely N-dealkylation sites (tertiary alicyclic amines) is 1. The van der Waals surface area contributed by atoms with Crippen molar-refractivity contribution in [3.05, 3.63) is 60.7 Å². The van der Waals surface area contributed by atoms with Crippen molar-refractivity contribution in [1.82, 2.24) is 19.9 Å². The Labute approximate surface area is 149 Å². The first-order chi connectivity index (χ1) is 12.3. The van der Waals surface area contributed by atoms with Crippen LogP contribution in [0.1, 0.15) is 31.5 Å². The molecule has 1 aromatic carbocycles. The van der Waals surface area contributed by atoms with E-state index in [1.165, 1.54) is 18.4 Å². The molecule has 2 aromatic heterocycles. The van der Waals surface area contributed by atoms with Crippen LogP contribution in [-0.4, -0.2) is 39.5 Å². The Bertz CT molecular complexity index is 745. The summed E-state index contributed by atoms with van der Waals surface area (Å²) in [6.45, 7) is 5.70. The third kappa shape index (κ3) is 3.35. The van der Waals surface area contributed by atoms with Crippen LogP contribution in [-0.2, 0) is 0 Å². The van der Waals surface area contributed by atoms with E-state index >= 15 is 0 Å². The molecule has 1 saturated heterocycles. The smallest absolute Gasteiger partial charge is 0.110 e. The quantitative estimate of drug-likeness (QED) is 0.773. The number of hydrogen-bond donors (Lipinski definition) is 1. The SMILES string of the molecule is CCN1CCC(c2nc(-c3ccncc3)c(-c3ccccc3)[nH]2)CC1. The number of piperidine rings is 1. The fourth-order valence-corrected chi connectivity index (χ4v) is 3.64. The largest absolute Gasteiger partial charge is 0.341 e. The first-order valence-electron chi connectivity index (χ1n) is 9.13. The number of nitrogens with zero attached hydrogens (tertiary/aromatic N) is 3. The highest BCUT2D eigenvalue weighted by molar-refractivity contribution is 5.78. The molecule has 0 aliphatic carbocycles. The number of benzene rings is 1. The topological polar surface area (TPSA) is 44.8 Å².